The van der Waals surface area contributed by atoms with Crippen molar-refractivity contribution in [3.8, 4) is 0 Å². The van der Waals surface area contributed by atoms with Crippen LogP contribution in [0.25, 0.3) is 0 Å². The van der Waals surface area contributed by atoms with Crippen LogP contribution in [0.15, 0.2) is 30.3 Å². The summed E-state index contributed by atoms with van der Waals surface area (Å²) in [5.41, 5.74) is 0.556. The topological polar surface area (TPSA) is 37.8 Å². The minimum absolute atomic E-state index is 0.190. The molecule has 0 aliphatic carbocycles. The van der Waals surface area contributed by atoms with Crippen LogP contribution in [0.1, 0.15) is 26.6 Å². The normalized spacial score (nSPS) is 11.4. The predicted octanol–water partition coefficient (Wildman–Crippen LogP) is 4.31. The fourth-order valence-electron chi connectivity index (χ4n) is 1.50. The standard InChI is InChI=1S/C14H15ClFN3/c1-14(2,3)13-18-11(15)8-12(19-13)17-10-6-4-9(16)5-7-10/h4-8H,1-3H3,(H,17,18,19). The molecule has 5 heteroatoms. The zero-order chi connectivity index (χ0) is 14.0. The van der Waals surface area contributed by atoms with E-state index in [1.807, 2.05) is 20.8 Å². The Kier molecular flexibility index (Phi) is 3.71. The van der Waals surface area contributed by atoms with Crippen LogP contribution in [0.2, 0.25) is 5.15 Å². The maximum Gasteiger partial charge on any atom is 0.137 e. The maximum atomic E-state index is 12.8. The van der Waals surface area contributed by atoms with Gasteiger partial charge >= 0.3 is 0 Å². The third-order valence-corrected chi connectivity index (χ3v) is 2.68. The van der Waals surface area contributed by atoms with Gasteiger partial charge in [-0.3, -0.25) is 0 Å². The highest BCUT2D eigenvalue weighted by Gasteiger charge is 2.18. The van der Waals surface area contributed by atoms with Gasteiger partial charge in [0, 0.05) is 17.2 Å². The molecule has 0 saturated heterocycles. The number of aromatic nitrogens is 2. The molecule has 0 bridgehead atoms. The Morgan fingerprint density at radius 1 is 1.11 bits per heavy atom. The molecule has 0 saturated carbocycles. The molecular formula is C14H15ClFN3. The number of nitrogens with zero attached hydrogens (tertiary/aromatic N) is 2. The van der Waals surface area contributed by atoms with Gasteiger partial charge in [0.1, 0.15) is 22.6 Å². The smallest absolute Gasteiger partial charge is 0.137 e. The van der Waals surface area contributed by atoms with Gasteiger partial charge in [-0.15, -0.1) is 0 Å². The molecule has 19 heavy (non-hydrogen) atoms. The van der Waals surface area contributed by atoms with Crippen molar-refractivity contribution in [2.24, 2.45) is 0 Å². The molecule has 3 nitrogen and oxygen atoms in total. The summed E-state index contributed by atoms with van der Waals surface area (Å²) < 4.78 is 12.8. The quantitative estimate of drug-likeness (QED) is 0.833. The molecule has 0 atom stereocenters. The second-order valence-corrected chi connectivity index (χ2v) is 5.67. The minimum atomic E-state index is -0.276. The van der Waals surface area contributed by atoms with Gasteiger partial charge in [0.05, 0.1) is 0 Å². The third kappa shape index (κ3) is 3.64. The molecule has 0 amide bonds. The molecule has 0 unspecified atom stereocenters. The highest BCUT2D eigenvalue weighted by atomic mass is 35.5. The molecule has 1 aromatic heterocycles. The Morgan fingerprint density at radius 2 is 1.74 bits per heavy atom. The van der Waals surface area contributed by atoms with Crippen molar-refractivity contribution >= 4 is 23.1 Å². The SMILES string of the molecule is CC(C)(C)c1nc(Cl)cc(Nc2ccc(F)cc2)n1. The Morgan fingerprint density at radius 3 is 2.32 bits per heavy atom. The number of hydrogen-bond acceptors (Lipinski definition) is 3. The predicted molar refractivity (Wildman–Crippen MR) is 75.4 cm³/mol. The second kappa shape index (κ2) is 5.13. The van der Waals surface area contributed by atoms with Crippen LogP contribution in [-0.2, 0) is 5.41 Å². The molecule has 0 spiro atoms. The number of hydrogen-bond donors (Lipinski definition) is 1. The molecule has 0 aliphatic rings. The van der Waals surface area contributed by atoms with E-state index < -0.39 is 0 Å². The first-order valence-electron chi connectivity index (χ1n) is 5.92. The Labute approximate surface area is 116 Å². The molecular weight excluding hydrogens is 265 g/mol. The summed E-state index contributed by atoms with van der Waals surface area (Å²) >= 11 is 6.00. The third-order valence-electron chi connectivity index (χ3n) is 2.48. The summed E-state index contributed by atoms with van der Waals surface area (Å²) in [5, 5.41) is 3.46. The summed E-state index contributed by atoms with van der Waals surface area (Å²) in [7, 11) is 0. The fourth-order valence-corrected chi connectivity index (χ4v) is 1.68. The Balaban J connectivity index is 2.30. The van der Waals surface area contributed by atoms with Crippen LogP contribution in [0, 0.1) is 5.82 Å². The summed E-state index contributed by atoms with van der Waals surface area (Å²) in [6, 6.07) is 7.69. The van der Waals surface area contributed by atoms with Crippen molar-refractivity contribution in [1.29, 1.82) is 0 Å². The van der Waals surface area contributed by atoms with Crippen molar-refractivity contribution in [2.75, 3.05) is 5.32 Å². The van der Waals surface area contributed by atoms with Gasteiger partial charge in [-0.05, 0) is 24.3 Å². The van der Waals surface area contributed by atoms with E-state index in [1.54, 1.807) is 18.2 Å². The number of halogens is 2. The van der Waals surface area contributed by atoms with E-state index >= 15 is 0 Å². The number of benzene rings is 1. The molecule has 0 fully saturated rings. The fraction of sp³-hybridized carbons (Fsp3) is 0.286. The van der Waals surface area contributed by atoms with Crippen LogP contribution in [0.3, 0.4) is 0 Å². The van der Waals surface area contributed by atoms with E-state index in [2.05, 4.69) is 15.3 Å². The van der Waals surface area contributed by atoms with E-state index in [0.29, 0.717) is 16.8 Å². The summed E-state index contributed by atoms with van der Waals surface area (Å²) in [5.74, 6) is 0.975. The van der Waals surface area contributed by atoms with Crippen LogP contribution < -0.4 is 5.32 Å². The van der Waals surface area contributed by atoms with Crippen LogP contribution >= 0.6 is 11.6 Å². The van der Waals surface area contributed by atoms with Crippen molar-refractivity contribution in [3.63, 3.8) is 0 Å². The molecule has 1 heterocycles. The lowest BCUT2D eigenvalue weighted by Crippen LogP contribution is -2.16. The number of rotatable bonds is 2. The monoisotopic (exact) mass is 279 g/mol. The largest absolute Gasteiger partial charge is 0.340 e. The van der Waals surface area contributed by atoms with Gasteiger partial charge < -0.3 is 5.32 Å². The number of anilines is 2. The lowest BCUT2D eigenvalue weighted by molar-refractivity contribution is 0.546. The van der Waals surface area contributed by atoms with E-state index in [4.69, 9.17) is 11.6 Å². The maximum absolute atomic E-state index is 12.8. The van der Waals surface area contributed by atoms with Gasteiger partial charge in [0.15, 0.2) is 0 Å². The van der Waals surface area contributed by atoms with Gasteiger partial charge in [0.2, 0.25) is 0 Å². The van der Waals surface area contributed by atoms with E-state index in [-0.39, 0.29) is 11.2 Å². The second-order valence-electron chi connectivity index (χ2n) is 5.28. The Hall–Kier alpha value is -1.68. The van der Waals surface area contributed by atoms with E-state index in [0.717, 1.165) is 5.69 Å². The first-order chi connectivity index (χ1) is 8.84. The lowest BCUT2D eigenvalue weighted by Gasteiger charge is -2.17. The van der Waals surface area contributed by atoms with E-state index in [9.17, 15) is 4.39 Å². The zero-order valence-electron chi connectivity index (χ0n) is 11.0. The minimum Gasteiger partial charge on any atom is -0.340 e. The van der Waals surface area contributed by atoms with Gasteiger partial charge in [0.25, 0.3) is 0 Å². The molecule has 2 rings (SSSR count). The number of nitrogens with one attached hydrogen (secondary N) is 1. The van der Waals surface area contributed by atoms with Crippen LogP contribution in [0.4, 0.5) is 15.9 Å². The summed E-state index contributed by atoms with van der Waals surface area (Å²) in [6.07, 6.45) is 0. The van der Waals surface area contributed by atoms with Crippen molar-refractivity contribution in [3.05, 3.63) is 47.1 Å². The first-order valence-corrected chi connectivity index (χ1v) is 6.30. The molecule has 2 aromatic rings. The summed E-state index contributed by atoms with van der Waals surface area (Å²) in [6.45, 7) is 6.04. The average molecular weight is 280 g/mol. The van der Waals surface area contributed by atoms with Gasteiger partial charge in [-0.2, -0.15) is 0 Å². The van der Waals surface area contributed by atoms with Crippen LogP contribution in [-0.4, -0.2) is 9.97 Å². The highest BCUT2D eigenvalue weighted by molar-refractivity contribution is 6.29. The molecule has 0 radical (unpaired) electrons. The highest BCUT2D eigenvalue weighted by Crippen LogP contribution is 2.24. The molecule has 1 aromatic carbocycles. The Bertz CT molecular complexity index is 576. The van der Waals surface area contributed by atoms with Crippen molar-refractivity contribution < 1.29 is 4.39 Å². The van der Waals surface area contributed by atoms with E-state index in [1.165, 1.54) is 12.1 Å². The lowest BCUT2D eigenvalue weighted by atomic mass is 9.96. The van der Waals surface area contributed by atoms with Crippen LogP contribution in [0.5, 0.6) is 0 Å². The van der Waals surface area contributed by atoms with Crippen molar-refractivity contribution in [2.45, 2.75) is 26.2 Å². The molecule has 0 aliphatic heterocycles. The van der Waals surface area contributed by atoms with Crippen molar-refractivity contribution in [1.82, 2.24) is 9.97 Å². The average Bonchev–Trinajstić information content (AvgIpc) is 2.30. The first kappa shape index (κ1) is 13.7. The summed E-state index contributed by atoms with van der Waals surface area (Å²) in [4.78, 5) is 8.64. The molecule has 100 valence electrons. The van der Waals surface area contributed by atoms with Gasteiger partial charge in [-0.25, -0.2) is 14.4 Å². The van der Waals surface area contributed by atoms with Gasteiger partial charge in [-0.1, -0.05) is 32.4 Å². The molecule has 1 N–H and O–H groups in total. The zero-order valence-corrected chi connectivity index (χ0v) is 11.8.